The van der Waals surface area contributed by atoms with E-state index in [2.05, 4.69) is 30.3 Å². The van der Waals surface area contributed by atoms with E-state index in [0.717, 1.165) is 37.1 Å². The molecule has 0 heterocycles. The fourth-order valence-corrected chi connectivity index (χ4v) is 2.65. The average Bonchev–Trinajstić information content (AvgIpc) is 3.35. The fourth-order valence-electron chi connectivity index (χ4n) is 2.65. The van der Waals surface area contributed by atoms with Crippen molar-refractivity contribution in [2.45, 2.75) is 38.3 Å². The Morgan fingerprint density at radius 3 is 2.62 bits per heavy atom. The lowest BCUT2D eigenvalue weighted by Crippen LogP contribution is -2.34. The SMILES string of the molecule is CCCNC(CN(C)C1CC1)c1ccc(OC)cc1OC. The highest BCUT2D eigenvalue weighted by Gasteiger charge is 2.28. The van der Waals surface area contributed by atoms with Gasteiger partial charge in [-0.1, -0.05) is 13.0 Å². The van der Waals surface area contributed by atoms with Gasteiger partial charge in [0, 0.05) is 30.3 Å². The Morgan fingerprint density at radius 1 is 1.29 bits per heavy atom. The molecule has 1 aromatic rings. The molecule has 0 spiro atoms. The van der Waals surface area contributed by atoms with Crippen LogP contribution in [0.3, 0.4) is 0 Å². The van der Waals surface area contributed by atoms with E-state index in [1.54, 1.807) is 14.2 Å². The quantitative estimate of drug-likeness (QED) is 0.759. The standard InChI is InChI=1S/C17H28N2O2/c1-5-10-18-16(12-19(2)13-6-7-13)15-9-8-14(20-3)11-17(15)21-4/h8-9,11,13,16,18H,5-7,10,12H2,1-4H3. The summed E-state index contributed by atoms with van der Waals surface area (Å²) < 4.78 is 10.9. The van der Waals surface area contributed by atoms with Crippen LogP contribution in [0.1, 0.15) is 37.8 Å². The minimum atomic E-state index is 0.288. The number of nitrogens with zero attached hydrogens (tertiary/aromatic N) is 1. The van der Waals surface area contributed by atoms with E-state index in [9.17, 15) is 0 Å². The minimum absolute atomic E-state index is 0.288. The first kappa shape index (κ1) is 16.1. The van der Waals surface area contributed by atoms with Gasteiger partial charge in [-0.25, -0.2) is 0 Å². The number of rotatable bonds is 9. The van der Waals surface area contributed by atoms with Gasteiger partial charge in [0.2, 0.25) is 0 Å². The number of nitrogens with one attached hydrogen (secondary N) is 1. The van der Waals surface area contributed by atoms with Crippen LogP contribution < -0.4 is 14.8 Å². The van der Waals surface area contributed by atoms with Crippen LogP contribution in [0, 0.1) is 0 Å². The smallest absolute Gasteiger partial charge is 0.127 e. The van der Waals surface area contributed by atoms with Gasteiger partial charge in [-0.15, -0.1) is 0 Å². The van der Waals surface area contributed by atoms with Gasteiger partial charge in [0.05, 0.1) is 14.2 Å². The molecule has 2 rings (SSSR count). The maximum atomic E-state index is 5.57. The van der Waals surface area contributed by atoms with Crippen molar-refractivity contribution in [2.24, 2.45) is 0 Å². The predicted octanol–water partition coefficient (Wildman–Crippen LogP) is 2.84. The first-order chi connectivity index (χ1) is 10.2. The zero-order valence-corrected chi connectivity index (χ0v) is 13.7. The molecule has 1 aliphatic carbocycles. The van der Waals surface area contributed by atoms with Gasteiger partial charge in [0.15, 0.2) is 0 Å². The lowest BCUT2D eigenvalue weighted by Gasteiger charge is -2.26. The Balaban J connectivity index is 2.17. The van der Waals surface area contributed by atoms with Gasteiger partial charge in [-0.05, 0) is 38.9 Å². The predicted molar refractivity (Wildman–Crippen MR) is 86.2 cm³/mol. The molecule has 0 bridgehead atoms. The lowest BCUT2D eigenvalue weighted by atomic mass is 10.0. The van der Waals surface area contributed by atoms with E-state index in [4.69, 9.17) is 9.47 Å². The summed E-state index contributed by atoms with van der Waals surface area (Å²) in [4.78, 5) is 2.46. The number of hydrogen-bond donors (Lipinski definition) is 1. The number of methoxy groups -OCH3 is 2. The van der Waals surface area contributed by atoms with Crippen LogP contribution in [-0.4, -0.2) is 45.3 Å². The van der Waals surface area contributed by atoms with Gasteiger partial charge < -0.3 is 19.7 Å². The maximum Gasteiger partial charge on any atom is 0.127 e. The molecule has 0 amide bonds. The molecule has 1 fully saturated rings. The summed E-state index contributed by atoms with van der Waals surface area (Å²) in [5.41, 5.74) is 1.21. The topological polar surface area (TPSA) is 33.7 Å². The van der Waals surface area contributed by atoms with Crippen molar-refractivity contribution in [1.82, 2.24) is 10.2 Å². The number of hydrogen-bond acceptors (Lipinski definition) is 4. The summed E-state index contributed by atoms with van der Waals surface area (Å²) in [6.07, 6.45) is 3.79. The third kappa shape index (κ3) is 4.35. The molecule has 0 aliphatic heterocycles. The minimum Gasteiger partial charge on any atom is -0.497 e. The van der Waals surface area contributed by atoms with Crippen LogP contribution in [0.5, 0.6) is 11.5 Å². The molecule has 1 N–H and O–H groups in total. The normalized spacial score (nSPS) is 16.0. The number of likely N-dealkylation sites (N-methyl/N-ethyl adjacent to an activating group) is 1. The van der Waals surface area contributed by atoms with E-state index in [1.807, 2.05) is 12.1 Å². The van der Waals surface area contributed by atoms with Crippen LogP contribution in [0.4, 0.5) is 0 Å². The highest BCUT2D eigenvalue weighted by Crippen LogP contribution is 2.32. The first-order valence-electron chi connectivity index (χ1n) is 7.85. The third-order valence-electron chi connectivity index (χ3n) is 4.10. The van der Waals surface area contributed by atoms with Crippen LogP contribution in [0.25, 0.3) is 0 Å². The first-order valence-corrected chi connectivity index (χ1v) is 7.85. The molecule has 118 valence electrons. The van der Waals surface area contributed by atoms with Crippen LogP contribution >= 0.6 is 0 Å². The molecule has 0 aromatic heterocycles. The molecule has 21 heavy (non-hydrogen) atoms. The summed E-state index contributed by atoms with van der Waals surface area (Å²) in [6.45, 7) is 4.21. The summed E-state index contributed by atoms with van der Waals surface area (Å²) in [5.74, 6) is 1.73. The summed E-state index contributed by atoms with van der Waals surface area (Å²) in [5, 5.41) is 3.65. The Labute approximate surface area is 128 Å². The largest absolute Gasteiger partial charge is 0.497 e. The molecule has 4 heteroatoms. The van der Waals surface area contributed by atoms with Crippen LogP contribution in [-0.2, 0) is 0 Å². The average molecular weight is 292 g/mol. The summed E-state index contributed by atoms with van der Waals surface area (Å²) >= 11 is 0. The molecular weight excluding hydrogens is 264 g/mol. The van der Waals surface area contributed by atoms with Crippen molar-refractivity contribution >= 4 is 0 Å². The number of ether oxygens (including phenoxy) is 2. The van der Waals surface area contributed by atoms with E-state index < -0.39 is 0 Å². The molecule has 1 unspecified atom stereocenters. The van der Waals surface area contributed by atoms with Gasteiger partial charge in [-0.2, -0.15) is 0 Å². The van der Waals surface area contributed by atoms with Crippen LogP contribution in [0.2, 0.25) is 0 Å². The Hall–Kier alpha value is -1.26. The molecule has 1 aliphatic rings. The molecule has 0 radical (unpaired) electrons. The summed E-state index contributed by atoms with van der Waals surface area (Å²) in [6, 6.07) is 7.14. The second kappa shape index (κ2) is 7.66. The molecule has 4 nitrogen and oxygen atoms in total. The molecule has 0 saturated heterocycles. The second-order valence-corrected chi connectivity index (χ2v) is 5.79. The van der Waals surface area contributed by atoms with Gasteiger partial charge in [0.25, 0.3) is 0 Å². The maximum absolute atomic E-state index is 5.57. The van der Waals surface area contributed by atoms with Crippen molar-refractivity contribution in [1.29, 1.82) is 0 Å². The van der Waals surface area contributed by atoms with Crippen molar-refractivity contribution in [3.05, 3.63) is 23.8 Å². The zero-order chi connectivity index (χ0) is 15.2. The summed E-state index contributed by atoms with van der Waals surface area (Å²) in [7, 11) is 5.62. The van der Waals surface area contributed by atoms with Crippen molar-refractivity contribution in [3.8, 4) is 11.5 Å². The third-order valence-corrected chi connectivity index (χ3v) is 4.10. The molecular formula is C17H28N2O2. The molecule has 1 atom stereocenters. The highest BCUT2D eigenvalue weighted by molar-refractivity contribution is 5.42. The fraction of sp³-hybridized carbons (Fsp3) is 0.647. The van der Waals surface area contributed by atoms with Crippen LogP contribution in [0.15, 0.2) is 18.2 Å². The molecule has 1 aromatic carbocycles. The molecule has 1 saturated carbocycles. The van der Waals surface area contributed by atoms with E-state index in [-0.39, 0.29) is 6.04 Å². The van der Waals surface area contributed by atoms with Gasteiger partial charge >= 0.3 is 0 Å². The zero-order valence-electron chi connectivity index (χ0n) is 13.7. The number of benzene rings is 1. The van der Waals surface area contributed by atoms with Crippen molar-refractivity contribution < 1.29 is 9.47 Å². The van der Waals surface area contributed by atoms with Crippen molar-refractivity contribution in [3.63, 3.8) is 0 Å². The Bertz CT molecular complexity index is 446. The lowest BCUT2D eigenvalue weighted by molar-refractivity contribution is 0.277. The monoisotopic (exact) mass is 292 g/mol. The van der Waals surface area contributed by atoms with E-state index in [0.29, 0.717) is 0 Å². The van der Waals surface area contributed by atoms with E-state index in [1.165, 1.54) is 18.4 Å². The highest BCUT2D eigenvalue weighted by atomic mass is 16.5. The Kier molecular flexibility index (Phi) is 5.88. The second-order valence-electron chi connectivity index (χ2n) is 5.79. The Morgan fingerprint density at radius 2 is 2.05 bits per heavy atom. The van der Waals surface area contributed by atoms with Gasteiger partial charge in [-0.3, -0.25) is 0 Å². The van der Waals surface area contributed by atoms with E-state index >= 15 is 0 Å². The van der Waals surface area contributed by atoms with Crippen molar-refractivity contribution in [2.75, 3.05) is 34.4 Å². The van der Waals surface area contributed by atoms with Gasteiger partial charge in [0.1, 0.15) is 11.5 Å².